The van der Waals surface area contributed by atoms with Gasteiger partial charge < -0.3 is 10.2 Å². The summed E-state index contributed by atoms with van der Waals surface area (Å²) in [7, 11) is 2.19. The normalized spacial score (nSPS) is 23.3. The summed E-state index contributed by atoms with van der Waals surface area (Å²) in [5, 5.41) is 3.59. The summed E-state index contributed by atoms with van der Waals surface area (Å²) in [5.74, 6) is 3.69. The van der Waals surface area contributed by atoms with Crippen molar-refractivity contribution in [2.24, 2.45) is 0 Å². The second kappa shape index (κ2) is 5.49. The Morgan fingerprint density at radius 3 is 3.06 bits per heavy atom. The molecule has 3 rings (SSSR count). The van der Waals surface area contributed by atoms with Crippen LogP contribution in [0.25, 0.3) is 0 Å². The Bertz CT molecular complexity index is 400. The van der Waals surface area contributed by atoms with E-state index in [2.05, 4.69) is 40.1 Å². The number of pyridine rings is 1. The molecule has 1 saturated carbocycles. The van der Waals surface area contributed by atoms with Crippen LogP contribution in [0.1, 0.15) is 24.8 Å². The molecule has 1 aromatic heterocycles. The van der Waals surface area contributed by atoms with Crippen molar-refractivity contribution in [3.05, 3.63) is 23.9 Å². The van der Waals surface area contributed by atoms with Crippen molar-refractivity contribution in [1.29, 1.82) is 0 Å². The van der Waals surface area contributed by atoms with Crippen molar-refractivity contribution in [2.45, 2.75) is 37.9 Å². The molecule has 1 N–H and O–H groups in total. The number of anilines is 1. The average molecular weight is 263 g/mol. The second-order valence-electron chi connectivity index (χ2n) is 5.27. The summed E-state index contributed by atoms with van der Waals surface area (Å²) in [6, 6.07) is 5.66. The highest BCUT2D eigenvalue weighted by Crippen LogP contribution is 2.27. The van der Waals surface area contributed by atoms with Crippen LogP contribution in [0.5, 0.6) is 0 Å². The number of nitrogens with zero attached hydrogens (tertiary/aromatic N) is 2. The number of aromatic nitrogens is 1. The summed E-state index contributed by atoms with van der Waals surface area (Å²) in [6.45, 7) is 0.956. The summed E-state index contributed by atoms with van der Waals surface area (Å²) < 4.78 is 0. The first-order chi connectivity index (χ1) is 8.84. The van der Waals surface area contributed by atoms with E-state index in [0.717, 1.165) is 18.4 Å². The van der Waals surface area contributed by atoms with E-state index >= 15 is 0 Å². The molecule has 0 spiro atoms. The van der Waals surface area contributed by atoms with Crippen LogP contribution in [0, 0.1) is 0 Å². The largest absolute Gasteiger partial charge is 0.356 e. The fourth-order valence-electron chi connectivity index (χ4n) is 2.43. The molecule has 0 bridgehead atoms. The SMILES string of the molecule is CN(c1ncccc1CNC1CC1)C1CCSC1. The molecule has 18 heavy (non-hydrogen) atoms. The maximum atomic E-state index is 4.60. The van der Waals surface area contributed by atoms with Gasteiger partial charge in [-0.3, -0.25) is 0 Å². The Kier molecular flexibility index (Phi) is 3.75. The monoisotopic (exact) mass is 263 g/mol. The number of thioether (sulfide) groups is 1. The van der Waals surface area contributed by atoms with Gasteiger partial charge in [-0.05, 0) is 31.1 Å². The second-order valence-corrected chi connectivity index (χ2v) is 6.42. The van der Waals surface area contributed by atoms with Crippen molar-refractivity contribution < 1.29 is 0 Å². The molecule has 1 unspecified atom stereocenters. The van der Waals surface area contributed by atoms with Crippen LogP contribution in [0.15, 0.2) is 18.3 Å². The molecular weight excluding hydrogens is 242 g/mol. The van der Waals surface area contributed by atoms with Gasteiger partial charge in [0.25, 0.3) is 0 Å². The third kappa shape index (κ3) is 2.81. The molecule has 0 aromatic carbocycles. The molecule has 1 saturated heterocycles. The summed E-state index contributed by atoms with van der Waals surface area (Å²) in [5.41, 5.74) is 1.34. The maximum absolute atomic E-state index is 4.60. The number of hydrogen-bond donors (Lipinski definition) is 1. The molecule has 3 nitrogen and oxygen atoms in total. The van der Waals surface area contributed by atoms with E-state index in [1.807, 2.05) is 12.3 Å². The van der Waals surface area contributed by atoms with Crippen LogP contribution in [0.3, 0.4) is 0 Å². The van der Waals surface area contributed by atoms with E-state index in [1.165, 1.54) is 36.3 Å². The van der Waals surface area contributed by atoms with E-state index in [0.29, 0.717) is 6.04 Å². The molecule has 1 aromatic rings. The zero-order chi connectivity index (χ0) is 12.4. The standard InChI is InChI=1S/C14H21N3S/c1-17(13-6-8-18-10-13)14-11(3-2-7-15-14)9-16-12-4-5-12/h2-3,7,12-13,16H,4-6,8-10H2,1H3. The number of hydrogen-bond acceptors (Lipinski definition) is 4. The van der Waals surface area contributed by atoms with Crippen LogP contribution in [0.4, 0.5) is 5.82 Å². The minimum atomic E-state index is 0.657. The first-order valence-corrected chi connectivity index (χ1v) is 7.98. The van der Waals surface area contributed by atoms with Crippen molar-refractivity contribution in [2.75, 3.05) is 23.5 Å². The van der Waals surface area contributed by atoms with Gasteiger partial charge >= 0.3 is 0 Å². The molecule has 98 valence electrons. The van der Waals surface area contributed by atoms with Crippen LogP contribution in [0.2, 0.25) is 0 Å². The van der Waals surface area contributed by atoms with Crippen LogP contribution >= 0.6 is 11.8 Å². The van der Waals surface area contributed by atoms with Gasteiger partial charge in [0.15, 0.2) is 0 Å². The molecule has 0 radical (unpaired) electrons. The molecule has 2 aliphatic rings. The van der Waals surface area contributed by atoms with Gasteiger partial charge in [-0.2, -0.15) is 11.8 Å². The summed E-state index contributed by atoms with van der Waals surface area (Å²) >= 11 is 2.05. The Morgan fingerprint density at radius 2 is 2.33 bits per heavy atom. The van der Waals surface area contributed by atoms with Crippen LogP contribution in [-0.4, -0.2) is 35.6 Å². The van der Waals surface area contributed by atoms with Crippen LogP contribution < -0.4 is 10.2 Å². The minimum Gasteiger partial charge on any atom is -0.356 e. The minimum absolute atomic E-state index is 0.657. The zero-order valence-electron chi connectivity index (χ0n) is 10.9. The molecule has 1 atom stereocenters. The quantitative estimate of drug-likeness (QED) is 0.882. The third-order valence-corrected chi connectivity index (χ3v) is 4.96. The fraction of sp³-hybridized carbons (Fsp3) is 0.643. The molecular formula is C14H21N3S. The Morgan fingerprint density at radius 1 is 1.44 bits per heavy atom. The van der Waals surface area contributed by atoms with E-state index in [9.17, 15) is 0 Å². The predicted molar refractivity (Wildman–Crippen MR) is 78.2 cm³/mol. The smallest absolute Gasteiger partial charge is 0.133 e. The third-order valence-electron chi connectivity index (χ3n) is 3.81. The molecule has 2 fully saturated rings. The summed E-state index contributed by atoms with van der Waals surface area (Å²) in [6.07, 6.45) is 5.87. The molecule has 1 aliphatic carbocycles. The average Bonchev–Trinajstić information content (AvgIpc) is 3.08. The van der Waals surface area contributed by atoms with Crippen molar-refractivity contribution in [3.63, 3.8) is 0 Å². The van der Waals surface area contributed by atoms with Crippen molar-refractivity contribution >= 4 is 17.6 Å². The van der Waals surface area contributed by atoms with Gasteiger partial charge in [0.2, 0.25) is 0 Å². The highest BCUT2D eigenvalue weighted by Gasteiger charge is 2.24. The topological polar surface area (TPSA) is 28.2 Å². The summed E-state index contributed by atoms with van der Waals surface area (Å²) in [4.78, 5) is 6.98. The van der Waals surface area contributed by atoms with Crippen molar-refractivity contribution in [3.8, 4) is 0 Å². The molecule has 2 heterocycles. The first kappa shape index (κ1) is 12.3. The van der Waals surface area contributed by atoms with Gasteiger partial charge in [0.1, 0.15) is 5.82 Å². The molecule has 4 heteroatoms. The fourth-order valence-corrected chi connectivity index (χ4v) is 3.70. The van der Waals surface area contributed by atoms with Gasteiger partial charge in [0, 0.05) is 43.2 Å². The lowest BCUT2D eigenvalue weighted by Crippen LogP contribution is -2.33. The Balaban J connectivity index is 1.71. The molecule has 0 amide bonds. The van der Waals surface area contributed by atoms with Gasteiger partial charge in [-0.1, -0.05) is 6.07 Å². The van der Waals surface area contributed by atoms with E-state index in [-0.39, 0.29) is 0 Å². The van der Waals surface area contributed by atoms with Gasteiger partial charge in [-0.15, -0.1) is 0 Å². The predicted octanol–water partition coefficient (Wildman–Crippen LogP) is 2.28. The van der Waals surface area contributed by atoms with E-state index < -0.39 is 0 Å². The Hall–Kier alpha value is -0.740. The van der Waals surface area contributed by atoms with Crippen molar-refractivity contribution in [1.82, 2.24) is 10.3 Å². The lowest BCUT2D eigenvalue weighted by Gasteiger charge is -2.27. The lowest BCUT2D eigenvalue weighted by molar-refractivity contribution is 0.661. The van der Waals surface area contributed by atoms with Crippen LogP contribution in [-0.2, 0) is 6.54 Å². The number of rotatable bonds is 5. The first-order valence-electron chi connectivity index (χ1n) is 6.82. The van der Waals surface area contributed by atoms with E-state index in [1.54, 1.807) is 0 Å². The highest BCUT2D eigenvalue weighted by molar-refractivity contribution is 7.99. The molecule has 1 aliphatic heterocycles. The highest BCUT2D eigenvalue weighted by atomic mass is 32.2. The lowest BCUT2D eigenvalue weighted by atomic mass is 10.2. The maximum Gasteiger partial charge on any atom is 0.133 e. The Labute approximate surface area is 113 Å². The van der Waals surface area contributed by atoms with Gasteiger partial charge in [0.05, 0.1) is 0 Å². The van der Waals surface area contributed by atoms with E-state index in [4.69, 9.17) is 0 Å². The zero-order valence-corrected chi connectivity index (χ0v) is 11.7. The van der Waals surface area contributed by atoms with Gasteiger partial charge in [-0.25, -0.2) is 4.98 Å². The number of nitrogens with one attached hydrogen (secondary N) is 1.